The summed E-state index contributed by atoms with van der Waals surface area (Å²) < 4.78 is 17.1. The summed E-state index contributed by atoms with van der Waals surface area (Å²) in [5.41, 5.74) is 0. The lowest BCUT2D eigenvalue weighted by molar-refractivity contribution is -0.142. The topological polar surface area (TPSA) is 84.3 Å². The molecule has 7 heteroatoms. The molecule has 0 unspecified atom stereocenters. The highest BCUT2D eigenvalue weighted by Crippen LogP contribution is 1.96. The number of carboxylic acids is 1. The lowest BCUT2D eigenvalue weighted by Gasteiger charge is -2.03. The summed E-state index contributed by atoms with van der Waals surface area (Å²) in [5, 5.41) is 11.0. The van der Waals surface area contributed by atoms with Gasteiger partial charge in [0.05, 0.1) is 19.0 Å². The Bertz CT molecular complexity index is 317. The fraction of sp³-hybridized carbons (Fsp3) is 0.375. The molecular formula is C8H10FN3O3. The Kier molecular flexibility index (Phi) is 4.42. The maximum absolute atomic E-state index is 12.4. The largest absolute Gasteiger partial charge is 0.480 e. The van der Waals surface area contributed by atoms with Gasteiger partial charge in [-0.3, -0.25) is 0 Å². The number of ether oxygens (including phenoxy) is 1. The molecule has 6 nitrogen and oxygen atoms in total. The quantitative estimate of drug-likeness (QED) is 0.656. The van der Waals surface area contributed by atoms with Gasteiger partial charge in [0.25, 0.3) is 0 Å². The molecule has 0 bridgehead atoms. The van der Waals surface area contributed by atoms with Crippen LogP contribution in [0.15, 0.2) is 12.4 Å². The first-order chi connectivity index (χ1) is 7.18. The second-order valence-electron chi connectivity index (χ2n) is 2.60. The minimum atomic E-state index is -1.02. The van der Waals surface area contributed by atoms with E-state index in [9.17, 15) is 9.18 Å². The predicted molar refractivity (Wildman–Crippen MR) is 48.9 cm³/mol. The van der Waals surface area contributed by atoms with E-state index in [2.05, 4.69) is 15.3 Å². The molecule has 2 N–H and O–H groups in total. The lowest BCUT2D eigenvalue weighted by Crippen LogP contribution is -2.15. The molecule has 0 aliphatic rings. The third-order valence-corrected chi connectivity index (χ3v) is 1.38. The van der Waals surface area contributed by atoms with Gasteiger partial charge in [0, 0.05) is 6.54 Å². The Labute approximate surface area is 85.1 Å². The summed E-state index contributed by atoms with van der Waals surface area (Å²) in [4.78, 5) is 17.3. The van der Waals surface area contributed by atoms with E-state index < -0.39 is 11.8 Å². The van der Waals surface area contributed by atoms with Crippen molar-refractivity contribution in [2.24, 2.45) is 0 Å². The Morgan fingerprint density at radius 3 is 2.80 bits per heavy atom. The van der Waals surface area contributed by atoms with Gasteiger partial charge in [-0.05, 0) is 0 Å². The number of hydrogen-bond acceptors (Lipinski definition) is 5. The summed E-state index contributed by atoms with van der Waals surface area (Å²) in [7, 11) is 0. The Morgan fingerprint density at radius 2 is 2.20 bits per heavy atom. The number of halogens is 1. The number of hydrogen-bond donors (Lipinski definition) is 2. The highest BCUT2D eigenvalue weighted by atomic mass is 19.1. The van der Waals surface area contributed by atoms with Crippen molar-refractivity contribution in [2.45, 2.75) is 0 Å². The van der Waals surface area contributed by atoms with Gasteiger partial charge in [-0.25, -0.2) is 19.2 Å². The normalized spacial score (nSPS) is 9.93. The van der Waals surface area contributed by atoms with Gasteiger partial charge in [0.2, 0.25) is 5.95 Å². The van der Waals surface area contributed by atoms with E-state index in [1.54, 1.807) is 0 Å². The second kappa shape index (κ2) is 5.86. The van der Waals surface area contributed by atoms with Gasteiger partial charge in [0.1, 0.15) is 6.61 Å². The SMILES string of the molecule is O=C(O)COCCNc1ncc(F)cn1. The minimum absolute atomic E-state index is 0.215. The van der Waals surface area contributed by atoms with Crippen LogP contribution in [0.25, 0.3) is 0 Å². The molecule has 82 valence electrons. The van der Waals surface area contributed by atoms with Gasteiger partial charge in [0.15, 0.2) is 5.82 Å². The van der Waals surface area contributed by atoms with Crippen molar-refractivity contribution in [3.63, 3.8) is 0 Å². The van der Waals surface area contributed by atoms with Crippen molar-refractivity contribution in [1.29, 1.82) is 0 Å². The van der Waals surface area contributed by atoms with Crippen LogP contribution in [0.1, 0.15) is 0 Å². The van der Waals surface area contributed by atoms with Gasteiger partial charge >= 0.3 is 5.97 Å². The summed E-state index contributed by atoms with van der Waals surface area (Å²) in [6.45, 7) is 0.234. The number of aliphatic carboxylic acids is 1. The standard InChI is InChI=1S/C8H10FN3O3/c9-6-3-11-8(12-4-6)10-1-2-15-5-7(13)14/h3-4H,1-2,5H2,(H,13,14)(H,10,11,12). The zero-order valence-corrected chi connectivity index (χ0v) is 7.81. The Balaban J connectivity index is 2.15. The number of anilines is 1. The van der Waals surface area contributed by atoms with E-state index in [-0.39, 0.29) is 19.2 Å². The van der Waals surface area contributed by atoms with Crippen LogP contribution >= 0.6 is 0 Å². The van der Waals surface area contributed by atoms with Crippen molar-refractivity contribution in [3.05, 3.63) is 18.2 Å². The third-order valence-electron chi connectivity index (χ3n) is 1.38. The Hall–Kier alpha value is -1.76. The second-order valence-corrected chi connectivity index (χ2v) is 2.60. The lowest BCUT2D eigenvalue weighted by atomic mass is 10.6. The number of carbonyl (C=O) groups is 1. The van der Waals surface area contributed by atoms with E-state index in [1.165, 1.54) is 0 Å². The molecule has 0 aliphatic heterocycles. The van der Waals surface area contributed by atoms with E-state index in [4.69, 9.17) is 9.84 Å². The number of aromatic nitrogens is 2. The maximum Gasteiger partial charge on any atom is 0.329 e. The number of nitrogens with zero attached hydrogens (tertiary/aromatic N) is 2. The summed E-state index contributed by atoms with van der Waals surface area (Å²) in [5.74, 6) is -1.26. The molecule has 1 rings (SSSR count). The van der Waals surface area contributed by atoms with Crippen LogP contribution < -0.4 is 5.32 Å². The Morgan fingerprint density at radius 1 is 1.53 bits per heavy atom. The molecule has 15 heavy (non-hydrogen) atoms. The first kappa shape index (κ1) is 11.3. The molecular weight excluding hydrogens is 205 g/mol. The van der Waals surface area contributed by atoms with Crippen LogP contribution in [0, 0.1) is 5.82 Å². The van der Waals surface area contributed by atoms with Gasteiger partial charge < -0.3 is 15.2 Å². The van der Waals surface area contributed by atoms with E-state index in [0.29, 0.717) is 6.54 Å². The third kappa shape index (κ3) is 4.87. The number of rotatable bonds is 6. The fourth-order valence-corrected chi connectivity index (χ4v) is 0.798. The maximum atomic E-state index is 12.4. The molecule has 0 spiro atoms. The number of carboxylic acid groups (broad SMARTS) is 1. The van der Waals surface area contributed by atoms with Crippen molar-refractivity contribution < 1.29 is 19.0 Å². The van der Waals surface area contributed by atoms with Crippen LogP contribution in [0.2, 0.25) is 0 Å². The van der Waals surface area contributed by atoms with E-state index >= 15 is 0 Å². The summed E-state index contributed by atoms with van der Waals surface area (Å²) in [6, 6.07) is 0. The average Bonchev–Trinajstić information content (AvgIpc) is 2.20. The zero-order valence-electron chi connectivity index (χ0n) is 7.81. The van der Waals surface area contributed by atoms with E-state index in [1.807, 2.05) is 0 Å². The predicted octanol–water partition coefficient (Wildman–Crippen LogP) is 0.129. The molecule has 0 atom stereocenters. The van der Waals surface area contributed by atoms with Crippen molar-refractivity contribution >= 4 is 11.9 Å². The average molecular weight is 215 g/mol. The minimum Gasteiger partial charge on any atom is -0.480 e. The number of nitrogens with one attached hydrogen (secondary N) is 1. The van der Waals surface area contributed by atoms with Crippen molar-refractivity contribution in [2.75, 3.05) is 25.1 Å². The van der Waals surface area contributed by atoms with Crippen LogP contribution in [0.4, 0.5) is 10.3 Å². The van der Waals surface area contributed by atoms with Crippen molar-refractivity contribution in [3.8, 4) is 0 Å². The van der Waals surface area contributed by atoms with Crippen LogP contribution in [-0.2, 0) is 9.53 Å². The molecule has 0 aliphatic carbocycles. The van der Waals surface area contributed by atoms with Crippen LogP contribution in [0.5, 0.6) is 0 Å². The molecule has 0 amide bonds. The molecule has 1 aromatic rings. The summed E-state index contributed by atoms with van der Waals surface area (Å²) in [6.07, 6.45) is 2.07. The zero-order chi connectivity index (χ0) is 11.1. The van der Waals surface area contributed by atoms with Crippen molar-refractivity contribution in [1.82, 2.24) is 9.97 Å². The van der Waals surface area contributed by atoms with Crippen LogP contribution in [0.3, 0.4) is 0 Å². The smallest absolute Gasteiger partial charge is 0.329 e. The van der Waals surface area contributed by atoms with E-state index in [0.717, 1.165) is 12.4 Å². The first-order valence-electron chi connectivity index (χ1n) is 4.19. The first-order valence-corrected chi connectivity index (χ1v) is 4.19. The van der Waals surface area contributed by atoms with Gasteiger partial charge in [-0.1, -0.05) is 0 Å². The highest BCUT2D eigenvalue weighted by Gasteiger charge is 1.97. The monoisotopic (exact) mass is 215 g/mol. The molecule has 0 saturated heterocycles. The summed E-state index contributed by atoms with van der Waals surface area (Å²) >= 11 is 0. The van der Waals surface area contributed by atoms with Gasteiger partial charge in [-0.15, -0.1) is 0 Å². The molecule has 0 fully saturated rings. The molecule has 1 heterocycles. The fourth-order valence-electron chi connectivity index (χ4n) is 0.798. The van der Waals surface area contributed by atoms with Crippen LogP contribution in [-0.4, -0.2) is 40.8 Å². The molecule has 1 aromatic heterocycles. The molecule has 0 saturated carbocycles. The molecule has 0 aromatic carbocycles. The van der Waals surface area contributed by atoms with Gasteiger partial charge in [-0.2, -0.15) is 0 Å². The highest BCUT2D eigenvalue weighted by molar-refractivity contribution is 5.67. The molecule has 0 radical (unpaired) electrons.